The van der Waals surface area contributed by atoms with Gasteiger partial charge in [-0.1, -0.05) is 17.7 Å². The molecule has 0 radical (unpaired) electrons. The van der Waals surface area contributed by atoms with Crippen LogP contribution in [0.1, 0.15) is 23.7 Å². The van der Waals surface area contributed by atoms with Gasteiger partial charge in [0, 0.05) is 24.8 Å². The Balaban J connectivity index is 2.12. The zero-order valence-corrected chi connectivity index (χ0v) is 12.7. The van der Waals surface area contributed by atoms with Crippen LogP contribution in [0.4, 0.5) is 0 Å². The van der Waals surface area contributed by atoms with Crippen molar-refractivity contribution in [2.24, 2.45) is 0 Å². The highest BCUT2D eigenvalue weighted by atomic mass is 32.2. The van der Waals surface area contributed by atoms with E-state index in [1.807, 2.05) is 27.0 Å². The average Bonchev–Trinajstić information content (AvgIpc) is 2.78. The summed E-state index contributed by atoms with van der Waals surface area (Å²) in [5, 5.41) is 4.30. The van der Waals surface area contributed by atoms with Gasteiger partial charge in [-0.25, -0.2) is 13.1 Å². The van der Waals surface area contributed by atoms with Crippen molar-refractivity contribution in [1.29, 1.82) is 0 Å². The summed E-state index contributed by atoms with van der Waals surface area (Å²) < 4.78 is 28.7. The van der Waals surface area contributed by atoms with E-state index in [9.17, 15) is 8.42 Å². The third kappa shape index (κ3) is 3.26. The lowest BCUT2D eigenvalue weighted by Gasteiger charge is -2.06. The molecule has 2 aromatic rings. The van der Waals surface area contributed by atoms with Gasteiger partial charge in [-0.2, -0.15) is 5.10 Å². The van der Waals surface area contributed by atoms with Crippen molar-refractivity contribution < 1.29 is 8.42 Å². The zero-order valence-electron chi connectivity index (χ0n) is 11.9. The standard InChI is InChI=1S/C14H19N3O2S/c1-4-17-10-13(12(3)16-17)9-15-20(18,19)14-7-5-11(2)6-8-14/h5-8,10,15H,4,9H2,1-3H3. The molecule has 1 N–H and O–H groups in total. The Labute approximate surface area is 119 Å². The Kier molecular flexibility index (Phi) is 4.25. The Bertz CT molecular complexity index is 688. The van der Waals surface area contributed by atoms with Crippen LogP contribution in [-0.2, 0) is 23.1 Å². The molecule has 0 aliphatic heterocycles. The monoisotopic (exact) mass is 293 g/mol. The molecule has 0 spiro atoms. The quantitative estimate of drug-likeness (QED) is 0.917. The van der Waals surface area contributed by atoms with Crippen LogP contribution in [0.25, 0.3) is 0 Å². The first kappa shape index (κ1) is 14.7. The number of sulfonamides is 1. The predicted molar refractivity (Wildman–Crippen MR) is 77.8 cm³/mol. The van der Waals surface area contributed by atoms with E-state index in [0.717, 1.165) is 23.4 Å². The van der Waals surface area contributed by atoms with E-state index in [1.54, 1.807) is 28.9 Å². The van der Waals surface area contributed by atoms with Gasteiger partial charge in [0.1, 0.15) is 0 Å². The molecule has 20 heavy (non-hydrogen) atoms. The molecule has 0 aliphatic rings. The van der Waals surface area contributed by atoms with Gasteiger partial charge in [-0.15, -0.1) is 0 Å². The summed E-state index contributed by atoms with van der Waals surface area (Å²) in [6.07, 6.45) is 1.87. The highest BCUT2D eigenvalue weighted by molar-refractivity contribution is 7.89. The van der Waals surface area contributed by atoms with Crippen LogP contribution >= 0.6 is 0 Å². The van der Waals surface area contributed by atoms with Crippen molar-refractivity contribution in [1.82, 2.24) is 14.5 Å². The maximum atomic E-state index is 12.2. The van der Waals surface area contributed by atoms with Crippen LogP contribution in [-0.4, -0.2) is 18.2 Å². The fraction of sp³-hybridized carbons (Fsp3) is 0.357. The van der Waals surface area contributed by atoms with Crippen LogP contribution in [0.3, 0.4) is 0 Å². The van der Waals surface area contributed by atoms with Gasteiger partial charge in [0.2, 0.25) is 10.0 Å². The molecule has 0 atom stereocenters. The third-order valence-electron chi connectivity index (χ3n) is 3.16. The van der Waals surface area contributed by atoms with Gasteiger partial charge in [0.15, 0.2) is 0 Å². The lowest BCUT2D eigenvalue weighted by atomic mass is 10.2. The Morgan fingerprint density at radius 2 is 1.85 bits per heavy atom. The minimum atomic E-state index is -3.48. The Morgan fingerprint density at radius 1 is 1.20 bits per heavy atom. The van der Waals surface area contributed by atoms with E-state index in [4.69, 9.17) is 0 Å². The zero-order chi connectivity index (χ0) is 14.8. The van der Waals surface area contributed by atoms with Crippen LogP contribution < -0.4 is 4.72 Å². The number of hydrogen-bond donors (Lipinski definition) is 1. The second-order valence-corrected chi connectivity index (χ2v) is 6.50. The predicted octanol–water partition coefficient (Wildman–Crippen LogP) is 2.00. The number of hydrogen-bond acceptors (Lipinski definition) is 3. The number of aryl methyl sites for hydroxylation is 3. The van der Waals surface area contributed by atoms with Crippen LogP contribution in [0.2, 0.25) is 0 Å². The summed E-state index contributed by atoms with van der Waals surface area (Å²) >= 11 is 0. The second-order valence-electron chi connectivity index (χ2n) is 4.73. The van der Waals surface area contributed by atoms with E-state index in [-0.39, 0.29) is 11.4 Å². The molecule has 6 heteroatoms. The third-order valence-corrected chi connectivity index (χ3v) is 4.57. The molecule has 0 bridgehead atoms. The molecule has 2 rings (SSSR count). The van der Waals surface area contributed by atoms with Gasteiger partial charge in [-0.3, -0.25) is 4.68 Å². The van der Waals surface area contributed by atoms with Gasteiger partial charge >= 0.3 is 0 Å². The van der Waals surface area contributed by atoms with Crippen molar-refractivity contribution in [3.63, 3.8) is 0 Å². The first-order valence-electron chi connectivity index (χ1n) is 6.51. The molecular weight excluding hydrogens is 274 g/mol. The van der Waals surface area contributed by atoms with E-state index in [1.165, 1.54) is 0 Å². The van der Waals surface area contributed by atoms with E-state index < -0.39 is 10.0 Å². The van der Waals surface area contributed by atoms with Crippen molar-refractivity contribution in [2.75, 3.05) is 0 Å². The molecular formula is C14H19N3O2S. The molecule has 0 saturated heterocycles. The second kappa shape index (κ2) is 5.76. The highest BCUT2D eigenvalue weighted by Crippen LogP contribution is 2.12. The highest BCUT2D eigenvalue weighted by Gasteiger charge is 2.14. The number of aromatic nitrogens is 2. The van der Waals surface area contributed by atoms with Crippen molar-refractivity contribution in [3.05, 3.63) is 47.3 Å². The summed E-state index contributed by atoms with van der Waals surface area (Å²) in [4.78, 5) is 0.281. The van der Waals surface area contributed by atoms with Gasteiger partial charge in [-0.05, 0) is 32.9 Å². The Morgan fingerprint density at radius 3 is 2.40 bits per heavy atom. The van der Waals surface area contributed by atoms with E-state index in [0.29, 0.717) is 0 Å². The van der Waals surface area contributed by atoms with Crippen molar-refractivity contribution >= 4 is 10.0 Å². The minimum Gasteiger partial charge on any atom is -0.272 e. The van der Waals surface area contributed by atoms with Crippen LogP contribution in [0.5, 0.6) is 0 Å². The number of benzene rings is 1. The summed E-state index contributed by atoms with van der Waals surface area (Å²) in [6, 6.07) is 6.80. The molecule has 0 aliphatic carbocycles. The molecule has 1 aromatic heterocycles. The lowest BCUT2D eigenvalue weighted by molar-refractivity contribution is 0.581. The van der Waals surface area contributed by atoms with Gasteiger partial charge in [0.05, 0.1) is 10.6 Å². The first-order chi connectivity index (χ1) is 9.42. The smallest absolute Gasteiger partial charge is 0.240 e. The molecule has 5 nitrogen and oxygen atoms in total. The lowest BCUT2D eigenvalue weighted by Crippen LogP contribution is -2.23. The average molecular weight is 293 g/mol. The van der Waals surface area contributed by atoms with Crippen molar-refractivity contribution in [2.45, 2.75) is 38.8 Å². The van der Waals surface area contributed by atoms with Crippen LogP contribution in [0, 0.1) is 13.8 Å². The number of rotatable bonds is 5. The molecule has 0 saturated carbocycles. The summed E-state index contributed by atoms with van der Waals surface area (Å²) in [7, 11) is -3.48. The van der Waals surface area contributed by atoms with E-state index >= 15 is 0 Å². The Hall–Kier alpha value is -1.66. The van der Waals surface area contributed by atoms with Crippen LogP contribution in [0.15, 0.2) is 35.4 Å². The topological polar surface area (TPSA) is 64.0 Å². The fourth-order valence-corrected chi connectivity index (χ4v) is 2.87. The largest absolute Gasteiger partial charge is 0.272 e. The first-order valence-corrected chi connectivity index (χ1v) is 8.00. The maximum absolute atomic E-state index is 12.2. The number of nitrogens with one attached hydrogen (secondary N) is 1. The molecule has 0 fully saturated rings. The summed E-state index contributed by atoms with van der Waals surface area (Å²) in [5.74, 6) is 0. The number of nitrogens with zero attached hydrogens (tertiary/aromatic N) is 2. The normalized spacial score (nSPS) is 11.8. The van der Waals surface area contributed by atoms with Gasteiger partial charge < -0.3 is 0 Å². The van der Waals surface area contributed by atoms with E-state index in [2.05, 4.69) is 9.82 Å². The maximum Gasteiger partial charge on any atom is 0.240 e. The summed E-state index contributed by atoms with van der Waals surface area (Å²) in [5.41, 5.74) is 2.77. The molecule has 108 valence electrons. The fourth-order valence-electron chi connectivity index (χ4n) is 1.87. The molecule has 1 aromatic carbocycles. The molecule has 0 amide bonds. The minimum absolute atomic E-state index is 0.252. The SMILES string of the molecule is CCn1cc(CNS(=O)(=O)c2ccc(C)cc2)c(C)n1. The van der Waals surface area contributed by atoms with Crippen molar-refractivity contribution in [3.8, 4) is 0 Å². The summed E-state index contributed by atoms with van der Waals surface area (Å²) in [6.45, 7) is 6.81. The molecule has 0 unspecified atom stereocenters. The molecule has 1 heterocycles. The van der Waals surface area contributed by atoms with Gasteiger partial charge in [0.25, 0.3) is 0 Å².